The van der Waals surface area contributed by atoms with Gasteiger partial charge in [0.15, 0.2) is 0 Å². The summed E-state index contributed by atoms with van der Waals surface area (Å²) in [6.45, 7) is 1.64. The van der Waals surface area contributed by atoms with Gasteiger partial charge in [0.25, 0.3) is 0 Å². The lowest BCUT2D eigenvalue weighted by molar-refractivity contribution is 0.302. The molecule has 3 rings (SSSR count). The summed E-state index contributed by atoms with van der Waals surface area (Å²) in [6, 6.07) is 19.6. The monoisotopic (exact) mass is 464 g/mol. The van der Waals surface area contributed by atoms with Crippen molar-refractivity contribution in [1.29, 1.82) is 0 Å². The molecule has 0 aliphatic carbocycles. The second kappa shape index (κ2) is 10.3. The van der Waals surface area contributed by atoms with Crippen LogP contribution < -0.4 is 15.2 Å². The molecular weight excluding hydrogens is 443 g/mol. The van der Waals surface area contributed by atoms with Crippen LogP contribution in [0.5, 0.6) is 5.75 Å². The summed E-state index contributed by atoms with van der Waals surface area (Å²) in [6.07, 6.45) is 0.737. The van der Waals surface area contributed by atoms with Crippen LogP contribution in [0.15, 0.2) is 71.6 Å². The van der Waals surface area contributed by atoms with E-state index < -0.39 is 10.0 Å². The normalized spacial score (nSPS) is 11.4. The summed E-state index contributed by atoms with van der Waals surface area (Å²) in [4.78, 5) is 0.110. The van der Waals surface area contributed by atoms with Crippen LogP contribution in [0.25, 0.3) is 0 Å². The second-order valence-electron chi connectivity index (χ2n) is 6.75. The Bertz CT molecular complexity index is 1100. The highest BCUT2D eigenvalue weighted by atomic mass is 35.5. The predicted octanol–water partition coefficient (Wildman–Crippen LogP) is 4.55. The van der Waals surface area contributed by atoms with Crippen molar-refractivity contribution in [3.63, 3.8) is 0 Å². The van der Waals surface area contributed by atoms with Crippen molar-refractivity contribution in [2.45, 2.75) is 24.5 Å². The molecule has 0 aliphatic heterocycles. The Morgan fingerprint density at radius 3 is 2.37 bits per heavy atom. The number of halogens is 2. The highest BCUT2D eigenvalue weighted by Crippen LogP contribution is 2.25. The number of sulfonamides is 1. The van der Waals surface area contributed by atoms with Crippen molar-refractivity contribution in [3.05, 3.63) is 93.5 Å². The number of hydrogen-bond donors (Lipinski definition) is 2. The number of nitrogens with one attached hydrogen (secondary N) is 1. The molecule has 3 aromatic rings. The largest absolute Gasteiger partial charge is 0.489 e. The zero-order valence-electron chi connectivity index (χ0n) is 16.1. The van der Waals surface area contributed by atoms with E-state index in [0.717, 1.165) is 28.9 Å². The van der Waals surface area contributed by atoms with Crippen molar-refractivity contribution >= 4 is 33.2 Å². The molecule has 3 N–H and O–H groups in total. The molecule has 0 bridgehead atoms. The molecule has 0 unspecified atom stereocenters. The van der Waals surface area contributed by atoms with E-state index in [0.29, 0.717) is 29.7 Å². The lowest BCUT2D eigenvalue weighted by Gasteiger charge is -2.13. The minimum atomic E-state index is -3.67. The Kier molecular flexibility index (Phi) is 7.75. The molecule has 0 heterocycles. The van der Waals surface area contributed by atoms with Crippen LogP contribution in [-0.2, 0) is 29.6 Å². The van der Waals surface area contributed by atoms with Crippen molar-refractivity contribution in [3.8, 4) is 5.75 Å². The number of ether oxygens (including phenoxy) is 1. The molecule has 3 aromatic carbocycles. The number of rotatable bonds is 9. The van der Waals surface area contributed by atoms with Crippen molar-refractivity contribution < 1.29 is 13.2 Å². The SMILES string of the molecule is NS(=O)(=O)c1ccc(CCNCc2cc(Cl)ccc2OCc2ccccc2Cl)cc1. The molecule has 8 heteroatoms. The van der Waals surface area contributed by atoms with Gasteiger partial charge in [-0.15, -0.1) is 0 Å². The van der Waals surface area contributed by atoms with Gasteiger partial charge >= 0.3 is 0 Å². The summed E-state index contributed by atoms with van der Waals surface area (Å²) in [5.74, 6) is 0.740. The third-order valence-electron chi connectivity index (χ3n) is 4.52. The van der Waals surface area contributed by atoms with Crippen LogP contribution >= 0.6 is 23.2 Å². The number of primary sulfonamides is 1. The molecule has 0 fully saturated rings. The Hall–Kier alpha value is -2.09. The fourth-order valence-electron chi connectivity index (χ4n) is 2.90. The quantitative estimate of drug-likeness (QED) is 0.455. The number of hydrogen-bond acceptors (Lipinski definition) is 4. The standard InChI is InChI=1S/C22H22Cl2N2O3S/c23-19-7-10-22(29-15-17-3-1-2-4-21(17)24)18(13-19)14-26-12-11-16-5-8-20(9-6-16)30(25,27)28/h1-10,13,26H,11-12,14-15H2,(H2,25,27,28). The molecule has 5 nitrogen and oxygen atoms in total. The summed E-state index contributed by atoms with van der Waals surface area (Å²) in [5, 5.41) is 9.78. The molecule has 158 valence electrons. The van der Waals surface area contributed by atoms with Gasteiger partial charge in [-0.2, -0.15) is 0 Å². The number of benzene rings is 3. The molecule has 0 spiro atoms. The van der Waals surface area contributed by atoms with Gasteiger partial charge < -0.3 is 10.1 Å². The zero-order chi connectivity index (χ0) is 21.6. The van der Waals surface area contributed by atoms with Gasteiger partial charge in [0.2, 0.25) is 10.0 Å². The topological polar surface area (TPSA) is 81.4 Å². The van der Waals surface area contributed by atoms with Crippen LogP contribution in [0.2, 0.25) is 10.0 Å². The maximum atomic E-state index is 11.3. The highest BCUT2D eigenvalue weighted by Gasteiger charge is 2.08. The van der Waals surface area contributed by atoms with E-state index in [4.69, 9.17) is 33.1 Å². The Morgan fingerprint density at radius 1 is 0.933 bits per heavy atom. The average Bonchev–Trinajstić information content (AvgIpc) is 2.71. The van der Waals surface area contributed by atoms with Crippen LogP contribution in [0.3, 0.4) is 0 Å². The number of nitrogens with two attached hydrogens (primary N) is 1. The van der Waals surface area contributed by atoms with Gasteiger partial charge in [0.1, 0.15) is 12.4 Å². The molecule has 0 amide bonds. The Labute approximate surface area is 186 Å². The minimum absolute atomic E-state index is 0.110. The van der Waals surface area contributed by atoms with Gasteiger partial charge in [-0.05, 0) is 54.9 Å². The first-order valence-electron chi connectivity index (χ1n) is 9.30. The van der Waals surface area contributed by atoms with Crippen molar-refractivity contribution in [2.24, 2.45) is 5.14 Å². The lowest BCUT2D eigenvalue weighted by Crippen LogP contribution is -2.17. The van der Waals surface area contributed by atoms with E-state index in [-0.39, 0.29) is 4.90 Å². The summed E-state index contributed by atoms with van der Waals surface area (Å²) in [7, 11) is -3.67. The highest BCUT2D eigenvalue weighted by molar-refractivity contribution is 7.89. The predicted molar refractivity (Wildman–Crippen MR) is 120 cm³/mol. The molecule has 0 saturated carbocycles. The first kappa shape index (κ1) is 22.6. The van der Waals surface area contributed by atoms with Gasteiger partial charge in [-0.3, -0.25) is 0 Å². The zero-order valence-corrected chi connectivity index (χ0v) is 18.5. The minimum Gasteiger partial charge on any atom is -0.489 e. The Morgan fingerprint density at radius 2 is 1.67 bits per heavy atom. The van der Waals surface area contributed by atoms with Gasteiger partial charge in [0.05, 0.1) is 4.90 Å². The fourth-order valence-corrected chi connectivity index (χ4v) is 3.80. The van der Waals surface area contributed by atoms with Crippen LogP contribution in [0.1, 0.15) is 16.7 Å². The van der Waals surface area contributed by atoms with Crippen LogP contribution in [0.4, 0.5) is 0 Å². The second-order valence-corrected chi connectivity index (χ2v) is 9.15. The first-order valence-corrected chi connectivity index (χ1v) is 11.6. The lowest BCUT2D eigenvalue weighted by atomic mass is 10.1. The van der Waals surface area contributed by atoms with E-state index in [9.17, 15) is 8.42 Å². The molecule has 0 aromatic heterocycles. The van der Waals surface area contributed by atoms with Crippen molar-refractivity contribution in [2.75, 3.05) is 6.54 Å². The molecule has 0 saturated heterocycles. The maximum absolute atomic E-state index is 11.3. The van der Waals surface area contributed by atoms with Crippen LogP contribution in [-0.4, -0.2) is 15.0 Å². The van der Waals surface area contributed by atoms with E-state index in [1.807, 2.05) is 36.4 Å². The maximum Gasteiger partial charge on any atom is 0.238 e. The third-order valence-corrected chi connectivity index (χ3v) is 6.05. The van der Waals surface area contributed by atoms with E-state index in [2.05, 4.69) is 5.32 Å². The first-order chi connectivity index (χ1) is 14.3. The molecule has 30 heavy (non-hydrogen) atoms. The van der Waals surface area contributed by atoms with Crippen molar-refractivity contribution in [1.82, 2.24) is 5.32 Å². The Balaban J connectivity index is 1.56. The molecule has 0 radical (unpaired) electrons. The molecule has 0 atom stereocenters. The smallest absolute Gasteiger partial charge is 0.238 e. The summed E-state index contributed by atoms with van der Waals surface area (Å²) >= 11 is 12.4. The van der Waals surface area contributed by atoms with Crippen LogP contribution in [0, 0.1) is 0 Å². The molecule has 0 aliphatic rings. The van der Waals surface area contributed by atoms with E-state index >= 15 is 0 Å². The third kappa shape index (κ3) is 6.45. The average molecular weight is 465 g/mol. The van der Waals surface area contributed by atoms with E-state index in [1.54, 1.807) is 18.2 Å². The summed E-state index contributed by atoms with van der Waals surface area (Å²) in [5.41, 5.74) is 2.87. The van der Waals surface area contributed by atoms with Gasteiger partial charge in [0, 0.05) is 27.7 Å². The van der Waals surface area contributed by atoms with E-state index in [1.165, 1.54) is 12.1 Å². The molecular formula is C22H22Cl2N2O3S. The summed E-state index contributed by atoms with van der Waals surface area (Å²) < 4.78 is 28.6. The fraction of sp³-hybridized carbons (Fsp3) is 0.182. The van der Waals surface area contributed by atoms with Gasteiger partial charge in [-0.25, -0.2) is 13.6 Å². The van der Waals surface area contributed by atoms with Gasteiger partial charge in [-0.1, -0.05) is 53.5 Å².